The van der Waals surface area contributed by atoms with Gasteiger partial charge in [0.1, 0.15) is 11.5 Å². The lowest BCUT2D eigenvalue weighted by Gasteiger charge is -2.11. The normalized spacial score (nSPS) is 10.7. The average Bonchev–Trinajstić information content (AvgIpc) is 2.55. The molecule has 0 atom stereocenters. The van der Waals surface area contributed by atoms with Crippen LogP contribution >= 0.6 is 31.9 Å². The molecule has 2 aromatic carbocycles. The molecule has 0 bridgehead atoms. The number of hydrazone groups is 1. The number of anilines is 1. The van der Waals surface area contributed by atoms with Crippen molar-refractivity contribution in [2.24, 2.45) is 5.10 Å². The summed E-state index contributed by atoms with van der Waals surface area (Å²) in [7, 11) is 1.53. The highest BCUT2D eigenvalue weighted by Gasteiger charge is 2.08. The summed E-state index contributed by atoms with van der Waals surface area (Å²) in [5, 5.41) is 16.6. The first-order valence-corrected chi connectivity index (χ1v) is 8.87. The number of aromatic hydroxyl groups is 1. The molecule has 132 valence electrons. The van der Waals surface area contributed by atoms with Crippen LogP contribution < -0.4 is 15.5 Å². The topological polar surface area (TPSA) is 83.0 Å². The molecule has 0 aromatic heterocycles. The van der Waals surface area contributed by atoms with Gasteiger partial charge < -0.3 is 15.2 Å². The predicted octanol–water partition coefficient (Wildman–Crippen LogP) is 3.80. The van der Waals surface area contributed by atoms with E-state index in [4.69, 9.17) is 4.74 Å². The van der Waals surface area contributed by atoms with Crippen LogP contribution in [0.5, 0.6) is 11.5 Å². The molecule has 0 aliphatic heterocycles. The fourth-order valence-corrected chi connectivity index (χ4v) is 3.71. The first-order chi connectivity index (χ1) is 11.9. The van der Waals surface area contributed by atoms with E-state index in [1.54, 1.807) is 12.1 Å². The molecule has 0 heterocycles. The second-order valence-electron chi connectivity index (χ2n) is 5.18. The van der Waals surface area contributed by atoms with Gasteiger partial charge in [-0.3, -0.25) is 4.79 Å². The fraction of sp³-hybridized carbons (Fsp3) is 0.176. The molecule has 0 saturated heterocycles. The second-order valence-corrected chi connectivity index (χ2v) is 6.88. The minimum Gasteiger partial charge on any atom is -0.507 e. The minimum atomic E-state index is -0.321. The van der Waals surface area contributed by atoms with Crippen molar-refractivity contribution in [3.8, 4) is 11.5 Å². The van der Waals surface area contributed by atoms with Gasteiger partial charge in [-0.25, -0.2) is 5.43 Å². The molecule has 25 heavy (non-hydrogen) atoms. The Morgan fingerprint density at radius 1 is 1.28 bits per heavy atom. The number of ether oxygens (including phenoxy) is 1. The SMILES string of the molecule is COc1ccc(O)c(/C=N\NC(=O)CNc2c(Br)cc(C)cc2Br)c1. The van der Waals surface area contributed by atoms with E-state index in [2.05, 4.69) is 47.7 Å². The molecule has 0 saturated carbocycles. The third-order valence-electron chi connectivity index (χ3n) is 3.24. The predicted molar refractivity (Wildman–Crippen MR) is 105 cm³/mol. The Hall–Kier alpha value is -2.06. The fourth-order valence-electron chi connectivity index (χ4n) is 2.01. The van der Waals surface area contributed by atoms with E-state index in [0.717, 1.165) is 20.2 Å². The molecule has 0 aliphatic carbocycles. The van der Waals surface area contributed by atoms with Crippen LogP contribution in [-0.2, 0) is 4.79 Å². The second kappa shape index (κ2) is 8.87. The van der Waals surface area contributed by atoms with Crippen molar-refractivity contribution in [3.05, 3.63) is 50.4 Å². The molecular weight excluding hydrogens is 454 g/mol. The Morgan fingerprint density at radius 3 is 2.60 bits per heavy atom. The van der Waals surface area contributed by atoms with Crippen LogP contribution in [0.2, 0.25) is 0 Å². The highest BCUT2D eigenvalue weighted by molar-refractivity contribution is 9.11. The van der Waals surface area contributed by atoms with E-state index in [1.807, 2.05) is 19.1 Å². The van der Waals surface area contributed by atoms with Crippen LogP contribution in [-0.4, -0.2) is 30.9 Å². The van der Waals surface area contributed by atoms with Gasteiger partial charge in [0.2, 0.25) is 0 Å². The Labute approximate surface area is 162 Å². The summed E-state index contributed by atoms with van der Waals surface area (Å²) in [6, 6.07) is 8.65. The summed E-state index contributed by atoms with van der Waals surface area (Å²) in [5.41, 5.74) is 4.72. The number of amides is 1. The lowest BCUT2D eigenvalue weighted by Crippen LogP contribution is -2.26. The number of rotatable bonds is 6. The molecule has 3 N–H and O–H groups in total. The number of aryl methyl sites for hydroxylation is 1. The molecule has 1 amide bonds. The van der Waals surface area contributed by atoms with E-state index in [9.17, 15) is 9.90 Å². The van der Waals surface area contributed by atoms with Crippen molar-refractivity contribution in [2.45, 2.75) is 6.92 Å². The van der Waals surface area contributed by atoms with Crippen LogP contribution in [0, 0.1) is 6.92 Å². The van der Waals surface area contributed by atoms with Gasteiger partial charge in [0, 0.05) is 14.5 Å². The smallest absolute Gasteiger partial charge is 0.259 e. The highest BCUT2D eigenvalue weighted by atomic mass is 79.9. The summed E-state index contributed by atoms with van der Waals surface area (Å²) in [6.45, 7) is 2.02. The van der Waals surface area contributed by atoms with Crippen molar-refractivity contribution in [2.75, 3.05) is 19.0 Å². The van der Waals surface area contributed by atoms with Crippen molar-refractivity contribution >= 4 is 49.7 Å². The van der Waals surface area contributed by atoms with Gasteiger partial charge >= 0.3 is 0 Å². The summed E-state index contributed by atoms with van der Waals surface area (Å²) < 4.78 is 6.79. The van der Waals surface area contributed by atoms with E-state index in [1.165, 1.54) is 19.4 Å². The first-order valence-electron chi connectivity index (χ1n) is 7.29. The molecule has 2 rings (SSSR count). The molecule has 0 fully saturated rings. The first kappa shape index (κ1) is 19.3. The number of carbonyl (C=O) groups excluding carboxylic acids is 1. The van der Waals surface area contributed by atoms with Gasteiger partial charge in [0.15, 0.2) is 0 Å². The molecule has 2 aromatic rings. The van der Waals surface area contributed by atoms with E-state index in [-0.39, 0.29) is 18.2 Å². The summed E-state index contributed by atoms with van der Waals surface area (Å²) in [4.78, 5) is 11.9. The number of halogens is 2. The summed E-state index contributed by atoms with van der Waals surface area (Å²) in [6.07, 6.45) is 1.35. The van der Waals surface area contributed by atoms with Crippen LogP contribution in [0.4, 0.5) is 5.69 Å². The Kier molecular flexibility index (Phi) is 6.83. The standard InChI is InChI=1S/C17H17Br2N3O3/c1-10-5-13(18)17(14(19)6-10)20-9-16(24)22-21-8-11-7-12(25-2)3-4-15(11)23/h3-8,20,23H,9H2,1-2H3,(H,22,24)/b21-8-. The molecule has 0 spiro atoms. The van der Waals surface area contributed by atoms with Crippen molar-refractivity contribution in [3.63, 3.8) is 0 Å². The van der Waals surface area contributed by atoms with Gasteiger partial charge in [0.25, 0.3) is 5.91 Å². The molecule has 8 heteroatoms. The van der Waals surface area contributed by atoms with Crippen molar-refractivity contribution in [1.82, 2.24) is 5.43 Å². The van der Waals surface area contributed by atoms with Gasteiger partial charge in [-0.15, -0.1) is 0 Å². The lowest BCUT2D eigenvalue weighted by atomic mass is 10.2. The van der Waals surface area contributed by atoms with Crippen LogP contribution in [0.25, 0.3) is 0 Å². The summed E-state index contributed by atoms with van der Waals surface area (Å²) >= 11 is 6.92. The van der Waals surface area contributed by atoms with Gasteiger partial charge in [0.05, 0.1) is 25.6 Å². The number of nitrogens with one attached hydrogen (secondary N) is 2. The zero-order valence-corrected chi connectivity index (χ0v) is 16.8. The van der Waals surface area contributed by atoms with E-state index in [0.29, 0.717) is 11.3 Å². The minimum absolute atomic E-state index is 0.0433. The Bertz CT molecular complexity index is 787. The number of nitrogens with zero attached hydrogens (tertiary/aromatic N) is 1. The molecular formula is C17H17Br2N3O3. The van der Waals surface area contributed by atoms with Crippen LogP contribution in [0.15, 0.2) is 44.4 Å². The number of hydrogen-bond acceptors (Lipinski definition) is 5. The van der Waals surface area contributed by atoms with E-state index >= 15 is 0 Å². The molecule has 0 aliphatic rings. The average molecular weight is 471 g/mol. The number of carbonyl (C=O) groups is 1. The van der Waals surface area contributed by atoms with Crippen molar-refractivity contribution in [1.29, 1.82) is 0 Å². The zero-order chi connectivity index (χ0) is 18.4. The van der Waals surface area contributed by atoms with E-state index < -0.39 is 0 Å². The number of phenolic OH excluding ortho intramolecular Hbond substituents is 1. The lowest BCUT2D eigenvalue weighted by molar-refractivity contribution is -0.119. The van der Waals surface area contributed by atoms with Gasteiger partial charge in [-0.2, -0.15) is 5.10 Å². The zero-order valence-electron chi connectivity index (χ0n) is 13.6. The molecule has 0 unspecified atom stereocenters. The van der Waals surface area contributed by atoms with Crippen molar-refractivity contribution < 1.29 is 14.6 Å². The van der Waals surface area contributed by atoms with Gasteiger partial charge in [-0.05, 0) is 74.7 Å². The number of phenols is 1. The maximum absolute atomic E-state index is 11.9. The Balaban J connectivity index is 1.93. The Morgan fingerprint density at radius 2 is 1.96 bits per heavy atom. The quantitative estimate of drug-likeness (QED) is 0.443. The van der Waals surface area contributed by atoms with Crippen LogP contribution in [0.3, 0.4) is 0 Å². The number of hydrogen-bond donors (Lipinski definition) is 3. The third-order valence-corrected chi connectivity index (χ3v) is 4.49. The largest absolute Gasteiger partial charge is 0.507 e. The monoisotopic (exact) mass is 469 g/mol. The molecule has 0 radical (unpaired) electrons. The van der Waals surface area contributed by atoms with Crippen LogP contribution in [0.1, 0.15) is 11.1 Å². The maximum Gasteiger partial charge on any atom is 0.259 e. The number of benzene rings is 2. The number of methoxy groups -OCH3 is 1. The summed E-state index contributed by atoms with van der Waals surface area (Å²) in [5.74, 6) is 0.309. The highest BCUT2D eigenvalue weighted by Crippen LogP contribution is 2.32. The maximum atomic E-state index is 11.9. The van der Waals surface area contributed by atoms with Gasteiger partial charge in [-0.1, -0.05) is 0 Å². The third kappa shape index (κ3) is 5.47. The molecule has 6 nitrogen and oxygen atoms in total.